The van der Waals surface area contributed by atoms with Crippen molar-refractivity contribution in [2.24, 2.45) is 0 Å². The number of aromatic nitrogens is 4. The Morgan fingerprint density at radius 2 is 1.67 bits per heavy atom. The summed E-state index contributed by atoms with van der Waals surface area (Å²) in [4.78, 5) is 41.4. The molecule has 3 N–H and O–H groups in total. The Morgan fingerprint density at radius 3 is 2.26 bits per heavy atom. The predicted octanol–water partition coefficient (Wildman–Crippen LogP) is -0.436. The fourth-order valence-electron chi connectivity index (χ4n) is 6.24. The molecule has 0 aromatic carbocycles. The third-order valence-electron chi connectivity index (χ3n) is 8.58. The number of carboxylic acids is 2. The van der Waals surface area contributed by atoms with Crippen molar-refractivity contribution in [3.05, 3.63) is 82.3 Å². The molecule has 5 heterocycles. The van der Waals surface area contributed by atoms with Crippen LogP contribution in [0.5, 0.6) is 0 Å². The maximum absolute atomic E-state index is 12.6. The van der Waals surface area contributed by atoms with Gasteiger partial charge in [0.25, 0.3) is 0 Å². The number of allylic oxidation sites excluding steroid dienone is 1. The molecule has 212 valence electrons. The number of fused-ring (bicyclic) bond motifs is 8. The van der Waals surface area contributed by atoms with Crippen LogP contribution in [0.3, 0.4) is 0 Å². The van der Waals surface area contributed by atoms with E-state index in [1.165, 1.54) is 0 Å². The molecule has 2 aliphatic rings. The number of hydrogen-bond acceptors (Lipinski definition) is 5. The minimum Gasteiger partial charge on any atom is -0.550 e. The normalized spacial score (nSPS) is 16.0. The summed E-state index contributed by atoms with van der Waals surface area (Å²) in [6.07, 6.45) is 2.51. The fourth-order valence-corrected chi connectivity index (χ4v) is 6.24. The Balaban J connectivity index is 0.00000253. The molecular formula is C33H34N4Na2O4. The second-order valence-electron chi connectivity index (χ2n) is 10.8. The van der Waals surface area contributed by atoms with E-state index in [1.54, 1.807) is 6.92 Å². The topological polar surface area (TPSA) is 135 Å². The van der Waals surface area contributed by atoms with Gasteiger partial charge in [0.2, 0.25) is 0 Å². The number of carbonyl (C=O) groups is 2. The van der Waals surface area contributed by atoms with Gasteiger partial charge in [-0.15, -0.1) is 0 Å². The van der Waals surface area contributed by atoms with Gasteiger partial charge < -0.3 is 31.9 Å². The maximum Gasteiger partial charge on any atom is 1.00 e. The van der Waals surface area contributed by atoms with Crippen LogP contribution in [0.25, 0.3) is 39.3 Å². The summed E-state index contributed by atoms with van der Waals surface area (Å²) in [7, 11) is 0. The number of rotatable bonds is 6. The van der Waals surface area contributed by atoms with Crippen molar-refractivity contribution in [1.82, 2.24) is 19.9 Å². The van der Waals surface area contributed by atoms with Crippen molar-refractivity contribution >= 4 is 51.2 Å². The zero-order valence-electron chi connectivity index (χ0n) is 26.1. The third kappa shape index (κ3) is 6.10. The molecule has 0 saturated carbocycles. The van der Waals surface area contributed by atoms with Crippen LogP contribution in [0.2, 0.25) is 0 Å². The van der Waals surface area contributed by atoms with E-state index in [0.717, 1.165) is 56.4 Å². The predicted molar refractivity (Wildman–Crippen MR) is 160 cm³/mol. The number of hydrogen-bond donors (Lipinski definition) is 3. The fraction of sp³-hybridized carbons (Fsp3) is 0.303. The van der Waals surface area contributed by atoms with Crippen LogP contribution in [0.4, 0.5) is 0 Å². The summed E-state index contributed by atoms with van der Waals surface area (Å²) in [6, 6.07) is 5.90. The SMILES string of the molecule is C=Cc1c(C)c2cc3nc(c(CC(=O)[O-])c4nc(cc5[nH]c(cc1[nH]2)c(C)c5CC)C(C)=C4C(=O)O)[C@@H](C[CH2-])[C@@H]3C.[Na+].[Na+]. The first kappa shape index (κ1) is 35.0. The van der Waals surface area contributed by atoms with E-state index in [-0.39, 0.29) is 87.8 Å². The van der Waals surface area contributed by atoms with Gasteiger partial charge in [0.1, 0.15) is 0 Å². The van der Waals surface area contributed by atoms with E-state index in [2.05, 4.69) is 43.4 Å². The molecule has 0 fully saturated rings. The number of carboxylic acid groups (broad SMARTS) is 2. The number of aliphatic carboxylic acids is 2. The van der Waals surface area contributed by atoms with Gasteiger partial charge in [0, 0.05) is 62.9 Å². The second-order valence-corrected chi connectivity index (χ2v) is 10.8. The first-order valence-corrected chi connectivity index (χ1v) is 13.8. The van der Waals surface area contributed by atoms with Gasteiger partial charge in [-0.1, -0.05) is 26.5 Å². The number of H-pyrrole nitrogens is 2. The van der Waals surface area contributed by atoms with Gasteiger partial charge in [-0.25, -0.2) is 9.78 Å². The standard InChI is InChI=1S/C33H35N4O4.2Na/c1-8-19-15(4)23-12-25-17(6)21(10-3)31(36-25)22(11-29(38)39)32-30(33(40)41)18(7)26(37-32)14-28-20(9-2)16(5)24(35-28)13-27(19)34-23;;/h8,12-14,17,21,34-35H,1,3,9-11H2,2,4-7H3,(H,38,39)(H,40,41);;/q-1;2*+1/p-1/t17-,21-;;/m0../s1. The average molecular weight is 597 g/mol. The minimum absolute atomic E-state index is 0. The molecule has 0 unspecified atom stereocenters. The van der Waals surface area contributed by atoms with E-state index in [4.69, 9.17) is 9.97 Å². The number of nitrogens with zero attached hydrogens (tertiary/aromatic N) is 2. The van der Waals surface area contributed by atoms with Gasteiger partial charge in [-0.2, -0.15) is 6.42 Å². The quantitative estimate of drug-likeness (QED) is 0.261. The monoisotopic (exact) mass is 596 g/mol. The number of nitrogens with one attached hydrogen (secondary N) is 2. The van der Waals surface area contributed by atoms with Crippen molar-refractivity contribution < 1.29 is 78.9 Å². The van der Waals surface area contributed by atoms with Crippen LogP contribution in [-0.4, -0.2) is 37.0 Å². The average Bonchev–Trinajstić information content (AvgIpc) is 3.59. The maximum atomic E-state index is 12.6. The number of aromatic amines is 2. The molecule has 3 aromatic heterocycles. The van der Waals surface area contributed by atoms with Crippen molar-refractivity contribution in [2.75, 3.05) is 0 Å². The Hall–Kier alpha value is -2.46. The van der Waals surface area contributed by atoms with Crippen molar-refractivity contribution in [3.63, 3.8) is 0 Å². The Labute approximate surface area is 295 Å². The molecule has 10 heteroatoms. The molecule has 8 bridgehead atoms. The Bertz CT molecular complexity index is 1830. The van der Waals surface area contributed by atoms with E-state index in [0.29, 0.717) is 23.4 Å². The van der Waals surface area contributed by atoms with Crippen molar-refractivity contribution in [1.29, 1.82) is 0 Å². The van der Waals surface area contributed by atoms with Crippen molar-refractivity contribution in [3.8, 4) is 0 Å². The number of carbonyl (C=O) groups excluding carboxylic acids is 1. The summed E-state index contributed by atoms with van der Waals surface area (Å²) in [5.74, 6) is -2.82. The van der Waals surface area contributed by atoms with Gasteiger partial charge in [0.05, 0.1) is 17.0 Å². The van der Waals surface area contributed by atoms with Gasteiger partial charge in [-0.05, 0) is 73.6 Å². The molecule has 2 aliphatic heterocycles. The molecule has 0 radical (unpaired) electrons. The molecule has 8 nitrogen and oxygen atoms in total. The summed E-state index contributed by atoms with van der Waals surface area (Å²) in [5, 5.41) is 22.3. The zero-order chi connectivity index (χ0) is 29.7. The molecular weight excluding hydrogens is 562 g/mol. The second kappa shape index (κ2) is 13.7. The molecule has 3 aromatic rings. The first-order chi connectivity index (χ1) is 19.5. The Morgan fingerprint density at radius 1 is 1.02 bits per heavy atom. The van der Waals surface area contributed by atoms with Crippen LogP contribution in [-0.2, 0) is 22.4 Å². The smallest absolute Gasteiger partial charge is 0.550 e. The van der Waals surface area contributed by atoms with Crippen LogP contribution >= 0.6 is 0 Å². The van der Waals surface area contributed by atoms with E-state index in [1.807, 2.05) is 32.1 Å². The minimum atomic E-state index is -1.33. The molecule has 0 aliphatic carbocycles. The molecule has 0 saturated heterocycles. The molecule has 0 spiro atoms. The van der Waals surface area contributed by atoms with E-state index >= 15 is 0 Å². The van der Waals surface area contributed by atoms with E-state index in [9.17, 15) is 19.8 Å². The van der Waals surface area contributed by atoms with Crippen LogP contribution in [0.1, 0.15) is 89.6 Å². The van der Waals surface area contributed by atoms with E-state index < -0.39 is 18.4 Å². The Kier molecular flexibility index (Phi) is 11.1. The van der Waals surface area contributed by atoms with Crippen LogP contribution in [0, 0.1) is 20.8 Å². The van der Waals surface area contributed by atoms with Gasteiger partial charge in [0.15, 0.2) is 0 Å². The molecule has 5 rings (SSSR count). The third-order valence-corrected chi connectivity index (χ3v) is 8.58. The van der Waals surface area contributed by atoms with Crippen LogP contribution < -0.4 is 64.2 Å². The van der Waals surface area contributed by atoms with Gasteiger partial charge >= 0.3 is 65.1 Å². The van der Waals surface area contributed by atoms with Crippen molar-refractivity contribution in [2.45, 2.75) is 65.7 Å². The van der Waals surface area contributed by atoms with Gasteiger partial charge in [-0.3, -0.25) is 4.98 Å². The first-order valence-electron chi connectivity index (χ1n) is 13.8. The molecule has 0 amide bonds. The largest absolute Gasteiger partial charge is 1.00 e. The summed E-state index contributed by atoms with van der Waals surface area (Å²) in [6.45, 7) is 18.0. The summed E-state index contributed by atoms with van der Waals surface area (Å²) >= 11 is 0. The molecule has 2 atom stereocenters. The molecule has 43 heavy (non-hydrogen) atoms. The summed E-state index contributed by atoms with van der Waals surface area (Å²) < 4.78 is 0. The van der Waals surface area contributed by atoms with Crippen LogP contribution in [0.15, 0.2) is 24.8 Å². The zero-order valence-corrected chi connectivity index (χ0v) is 30.1. The number of aryl methyl sites for hydroxylation is 3. The summed E-state index contributed by atoms with van der Waals surface area (Å²) in [5.41, 5.74) is 10.2.